The number of nitrogens with one attached hydrogen (secondary N) is 2. The van der Waals surface area contributed by atoms with E-state index in [1.54, 1.807) is 30.3 Å². The van der Waals surface area contributed by atoms with Crippen molar-refractivity contribution in [2.75, 3.05) is 10.6 Å². The van der Waals surface area contributed by atoms with Gasteiger partial charge in [0.2, 0.25) is 0 Å². The molecule has 2 aliphatic rings. The second kappa shape index (κ2) is 8.98. The zero-order valence-corrected chi connectivity index (χ0v) is 20.7. The van der Waals surface area contributed by atoms with E-state index in [2.05, 4.69) is 31.7 Å². The van der Waals surface area contributed by atoms with Gasteiger partial charge < -0.3 is 16.4 Å². The molecule has 184 valence electrons. The number of thiophene rings is 1. The van der Waals surface area contributed by atoms with Gasteiger partial charge in [0.1, 0.15) is 10.8 Å². The van der Waals surface area contributed by atoms with E-state index >= 15 is 0 Å². The van der Waals surface area contributed by atoms with E-state index in [4.69, 9.17) is 5.73 Å². The Morgan fingerprint density at radius 2 is 1.91 bits per heavy atom. The van der Waals surface area contributed by atoms with Gasteiger partial charge in [-0.15, -0.1) is 11.3 Å². The third-order valence-electron chi connectivity index (χ3n) is 6.36. The van der Waals surface area contributed by atoms with Crippen LogP contribution in [0.25, 0.3) is 0 Å². The van der Waals surface area contributed by atoms with E-state index in [1.165, 1.54) is 11.3 Å². The summed E-state index contributed by atoms with van der Waals surface area (Å²) in [4.78, 5) is 26.3. The quantitative estimate of drug-likeness (QED) is 0.382. The summed E-state index contributed by atoms with van der Waals surface area (Å²) >= 11 is 4.57. The van der Waals surface area contributed by atoms with Crippen molar-refractivity contribution in [3.8, 4) is 0 Å². The van der Waals surface area contributed by atoms with Crippen molar-refractivity contribution in [2.24, 2.45) is 5.73 Å². The van der Waals surface area contributed by atoms with Crippen LogP contribution in [-0.4, -0.2) is 27.8 Å². The Morgan fingerprint density at radius 3 is 2.60 bits per heavy atom. The maximum Gasteiger partial charge on any atom is 0.410 e. The maximum atomic E-state index is 14.0. The number of carbonyl (C=O) groups excluding carboxylic acids is 2. The van der Waals surface area contributed by atoms with Gasteiger partial charge in [-0.2, -0.15) is 18.3 Å². The number of carbonyl (C=O) groups is 2. The largest absolute Gasteiger partial charge is 0.410 e. The van der Waals surface area contributed by atoms with Crippen molar-refractivity contribution >= 4 is 49.9 Å². The molecule has 4 N–H and O–H groups in total. The lowest BCUT2D eigenvalue weighted by molar-refractivity contribution is -0.173. The summed E-state index contributed by atoms with van der Waals surface area (Å²) in [6.07, 6.45) is -1.47. The van der Waals surface area contributed by atoms with Crippen LogP contribution in [0.5, 0.6) is 0 Å². The molecular weight excluding hydrogens is 547 g/mol. The predicted molar refractivity (Wildman–Crippen MR) is 130 cm³/mol. The fourth-order valence-corrected chi connectivity index (χ4v) is 6.56. The molecule has 1 aliphatic carbocycles. The first-order chi connectivity index (χ1) is 16.6. The lowest BCUT2D eigenvalue weighted by atomic mass is 9.95. The molecule has 2 aromatic heterocycles. The first-order valence-corrected chi connectivity index (χ1v) is 12.7. The molecule has 12 heteroatoms. The first kappa shape index (κ1) is 23.9. The highest BCUT2D eigenvalue weighted by Gasteiger charge is 2.47. The smallest absolute Gasteiger partial charge is 0.365 e. The topological polar surface area (TPSA) is 102 Å². The van der Waals surface area contributed by atoms with Gasteiger partial charge in [0, 0.05) is 11.3 Å². The molecule has 1 aromatic carbocycles. The number of aryl methyl sites for hydroxylation is 1. The van der Waals surface area contributed by atoms with Crippen molar-refractivity contribution in [2.45, 2.75) is 50.4 Å². The number of nitrogens with two attached hydrogens (primary N) is 1. The SMILES string of the molecule is NC(=O)c1c(NC(=O)c2nn3c(c2Br)N[C@H](c2ccccc2)C[C@H]3C(F)(F)F)sc2c1CCCC2. The standard InChI is InChI=1S/C23H21BrF3N5O2S/c24-17-18(21(34)30-22-16(19(28)33)12-8-4-5-9-14(12)35-22)31-32-15(23(25,26)27)10-13(29-20(17)32)11-6-2-1-3-7-11/h1-3,6-7,13,15,29H,4-5,8-10H2,(H2,28,33)(H,30,34)/t13-,15-/m0/s1. The molecule has 0 unspecified atom stereocenters. The molecule has 2 amide bonds. The molecule has 5 rings (SSSR count). The Balaban J connectivity index is 1.50. The van der Waals surface area contributed by atoms with Crippen LogP contribution in [0.4, 0.5) is 24.0 Å². The molecule has 0 spiro atoms. The van der Waals surface area contributed by atoms with Gasteiger partial charge >= 0.3 is 6.18 Å². The van der Waals surface area contributed by atoms with Crippen molar-refractivity contribution < 1.29 is 22.8 Å². The lowest BCUT2D eigenvalue weighted by Gasteiger charge is -2.33. The van der Waals surface area contributed by atoms with Crippen LogP contribution in [-0.2, 0) is 12.8 Å². The number of rotatable bonds is 4. The zero-order valence-electron chi connectivity index (χ0n) is 18.3. The molecule has 0 saturated heterocycles. The number of hydrogen-bond acceptors (Lipinski definition) is 5. The average molecular weight is 568 g/mol. The second-order valence-corrected chi connectivity index (χ2v) is 10.5. The number of fused-ring (bicyclic) bond motifs is 2. The highest BCUT2D eigenvalue weighted by molar-refractivity contribution is 9.10. The number of hydrogen-bond donors (Lipinski definition) is 3. The summed E-state index contributed by atoms with van der Waals surface area (Å²) in [7, 11) is 0. The Kier molecular flexibility index (Phi) is 6.12. The van der Waals surface area contributed by atoms with Crippen molar-refractivity contribution in [3.05, 3.63) is 62.1 Å². The molecule has 2 atom stereocenters. The van der Waals surface area contributed by atoms with Gasteiger partial charge in [0.15, 0.2) is 11.7 Å². The van der Waals surface area contributed by atoms with Gasteiger partial charge in [-0.3, -0.25) is 9.59 Å². The van der Waals surface area contributed by atoms with E-state index in [0.717, 1.165) is 34.4 Å². The molecule has 7 nitrogen and oxygen atoms in total. The van der Waals surface area contributed by atoms with Crippen LogP contribution in [0.1, 0.15) is 68.2 Å². The number of alkyl halides is 3. The van der Waals surface area contributed by atoms with Gasteiger partial charge in [-0.25, -0.2) is 4.68 Å². The van der Waals surface area contributed by atoms with Gasteiger partial charge in [0.25, 0.3) is 11.8 Å². The van der Waals surface area contributed by atoms with Gasteiger partial charge in [-0.05, 0) is 52.7 Å². The van der Waals surface area contributed by atoms with Crippen LogP contribution < -0.4 is 16.4 Å². The molecule has 0 radical (unpaired) electrons. The lowest BCUT2D eigenvalue weighted by Crippen LogP contribution is -2.35. The number of amides is 2. The Bertz CT molecular complexity index is 1300. The highest BCUT2D eigenvalue weighted by Crippen LogP contribution is 2.46. The van der Waals surface area contributed by atoms with Crippen LogP contribution in [0, 0.1) is 0 Å². The number of nitrogens with zero attached hydrogens (tertiary/aromatic N) is 2. The average Bonchev–Trinajstić information content (AvgIpc) is 3.35. The first-order valence-electron chi connectivity index (χ1n) is 11.1. The molecule has 0 saturated carbocycles. The van der Waals surface area contributed by atoms with Crippen LogP contribution in [0.15, 0.2) is 34.8 Å². The van der Waals surface area contributed by atoms with E-state index in [1.807, 2.05) is 0 Å². The fourth-order valence-electron chi connectivity index (χ4n) is 4.72. The third kappa shape index (κ3) is 4.33. The predicted octanol–water partition coefficient (Wildman–Crippen LogP) is 5.60. The van der Waals surface area contributed by atoms with Crippen molar-refractivity contribution in [1.29, 1.82) is 0 Å². The van der Waals surface area contributed by atoms with Crippen LogP contribution in [0.3, 0.4) is 0 Å². The fraction of sp³-hybridized carbons (Fsp3) is 0.348. The van der Waals surface area contributed by atoms with Crippen molar-refractivity contribution in [3.63, 3.8) is 0 Å². The summed E-state index contributed by atoms with van der Waals surface area (Å²) in [5.41, 5.74) is 7.20. The van der Waals surface area contributed by atoms with E-state index < -0.39 is 30.1 Å². The Morgan fingerprint density at radius 1 is 1.20 bits per heavy atom. The number of primary amides is 1. The van der Waals surface area contributed by atoms with Gasteiger partial charge in [0.05, 0.1) is 16.1 Å². The molecule has 3 aromatic rings. The highest BCUT2D eigenvalue weighted by atomic mass is 79.9. The van der Waals surface area contributed by atoms with Gasteiger partial charge in [-0.1, -0.05) is 30.3 Å². The second-order valence-electron chi connectivity index (χ2n) is 8.59. The zero-order chi connectivity index (χ0) is 24.9. The summed E-state index contributed by atoms with van der Waals surface area (Å²) in [6, 6.07) is 6.28. The van der Waals surface area contributed by atoms with E-state index in [9.17, 15) is 22.8 Å². The number of anilines is 2. The maximum absolute atomic E-state index is 14.0. The monoisotopic (exact) mass is 567 g/mol. The molecular formula is C23H21BrF3N5O2S. The summed E-state index contributed by atoms with van der Waals surface area (Å²) in [5.74, 6) is -1.30. The van der Waals surface area contributed by atoms with E-state index in [-0.39, 0.29) is 28.0 Å². The van der Waals surface area contributed by atoms with Crippen LogP contribution >= 0.6 is 27.3 Å². The number of benzene rings is 1. The minimum absolute atomic E-state index is 0.0678. The minimum Gasteiger partial charge on any atom is -0.365 e. The summed E-state index contributed by atoms with van der Waals surface area (Å²) in [5, 5.41) is 10.1. The van der Waals surface area contributed by atoms with Crippen molar-refractivity contribution in [1.82, 2.24) is 9.78 Å². The summed E-state index contributed by atoms with van der Waals surface area (Å²) < 4.78 is 43.0. The third-order valence-corrected chi connectivity index (χ3v) is 8.32. The Labute approximate surface area is 211 Å². The Hall–Kier alpha value is -2.86. The molecule has 3 heterocycles. The normalized spacial score (nSPS) is 19.4. The van der Waals surface area contributed by atoms with Crippen LogP contribution in [0.2, 0.25) is 0 Å². The number of halogens is 4. The molecule has 0 fully saturated rings. The molecule has 1 aliphatic heterocycles. The minimum atomic E-state index is -4.57. The number of aromatic nitrogens is 2. The summed E-state index contributed by atoms with van der Waals surface area (Å²) in [6.45, 7) is 0. The molecule has 35 heavy (non-hydrogen) atoms. The molecule has 0 bridgehead atoms. The van der Waals surface area contributed by atoms with E-state index in [0.29, 0.717) is 17.0 Å².